The van der Waals surface area contributed by atoms with E-state index in [0.717, 1.165) is 32.4 Å². The standard InChI is InChI=1S/C19H29FN2O/c1-19(2,3)21-18(23)14-22-12-4-5-16(13-22)7-6-15-8-10-17(20)11-9-15/h8-11,16H,4-7,12-14H2,1-3H3,(H,21,23)/t16-/m0/s1. The highest BCUT2D eigenvalue weighted by Gasteiger charge is 2.23. The van der Waals surface area contributed by atoms with E-state index in [0.29, 0.717) is 12.5 Å². The Hall–Kier alpha value is -1.42. The van der Waals surface area contributed by atoms with E-state index in [-0.39, 0.29) is 17.3 Å². The summed E-state index contributed by atoms with van der Waals surface area (Å²) in [7, 11) is 0. The van der Waals surface area contributed by atoms with E-state index in [4.69, 9.17) is 0 Å². The van der Waals surface area contributed by atoms with Crippen LogP contribution in [0, 0.1) is 11.7 Å². The summed E-state index contributed by atoms with van der Waals surface area (Å²) < 4.78 is 12.9. The lowest BCUT2D eigenvalue weighted by Crippen LogP contribution is -2.48. The van der Waals surface area contributed by atoms with Crippen LogP contribution in [0.4, 0.5) is 4.39 Å². The molecule has 1 N–H and O–H groups in total. The van der Waals surface area contributed by atoms with Crippen molar-refractivity contribution in [3.63, 3.8) is 0 Å². The number of carbonyl (C=O) groups is 1. The van der Waals surface area contributed by atoms with E-state index in [2.05, 4.69) is 10.2 Å². The van der Waals surface area contributed by atoms with E-state index in [1.807, 2.05) is 32.9 Å². The summed E-state index contributed by atoms with van der Waals surface area (Å²) in [6.45, 7) is 8.50. The van der Waals surface area contributed by atoms with Crippen molar-refractivity contribution in [3.8, 4) is 0 Å². The number of aryl methyl sites for hydroxylation is 1. The first-order valence-electron chi connectivity index (χ1n) is 8.60. The van der Waals surface area contributed by atoms with Crippen molar-refractivity contribution in [3.05, 3.63) is 35.6 Å². The van der Waals surface area contributed by atoms with Crippen molar-refractivity contribution in [1.82, 2.24) is 10.2 Å². The van der Waals surface area contributed by atoms with Gasteiger partial charge in [-0.15, -0.1) is 0 Å². The Balaban J connectivity index is 1.76. The molecule has 4 heteroatoms. The Kier molecular flexibility index (Phi) is 6.17. The summed E-state index contributed by atoms with van der Waals surface area (Å²) >= 11 is 0. The lowest BCUT2D eigenvalue weighted by Gasteiger charge is -2.33. The van der Waals surface area contributed by atoms with Crippen molar-refractivity contribution < 1.29 is 9.18 Å². The first-order chi connectivity index (χ1) is 10.8. The lowest BCUT2D eigenvalue weighted by molar-refractivity contribution is -0.124. The molecule has 0 saturated carbocycles. The van der Waals surface area contributed by atoms with Gasteiger partial charge in [0.2, 0.25) is 5.91 Å². The van der Waals surface area contributed by atoms with Crippen LogP contribution in [0.1, 0.15) is 45.6 Å². The highest BCUT2D eigenvalue weighted by Crippen LogP contribution is 2.21. The third kappa shape index (κ3) is 6.69. The largest absolute Gasteiger partial charge is 0.350 e. The van der Waals surface area contributed by atoms with Crippen LogP contribution < -0.4 is 5.32 Å². The van der Waals surface area contributed by atoms with Gasteiger partial charge >= 0.3 is 0 Å². The monoisotopic (exact) mass is 320 g/mol. The molecule has 0 spiro atoms. The van der Waals surface area contributed by atoms with E-state index in [9.17, 15) is 9.18 Å². The van der Waals surface area contributed by atoms with Gasteiger partial charge in [-0.2, -0.15) is 0 Å². The molecule has 0 bridgehead atoms. The zero-order valence-corrected chi connectivity index (χ0v) is 14.6. The summed E-state index contributed by atoms with van der Waals surface area (Å²) in [6.07, 6.45) is 4.45. The molecule has 23 heavy (non-hydrogen) atoms. The number of nitrogens with one attached hydrogen (secondary N) is 1. The summed E-state index contributed by atoms with van der Waals surface area (Å²) in [5.74, 6) is 0.551. The predicted octanol–water partition coefficient (Wildman–Crippen LogP) is 3.39. The number of likely N-dealkylation sites (tertiary alicyclic amines) is 1. The van der Waals surface area contributed by atoms with Crippen molar-refractivity contribution in [2.24, 2.45) is 5.92 Å². The zero-order chi connectivity index (χ0) is 16.9. The topological polar surface area (TPSA) is 32.3 Å². The molecule has 1 atom stereocenters. The molecule has 0 unspecified atom stereocenters. The van der Waals surface area contributed by atoms with Gasteiger partial charge in [-0.1, -0.05) is 12.1 Å². The van der Waals surface area contributed by atoms with Gasteiger partial charge < -0.3 is 5.32 Å². The van der Waals surface area contributed by atoms with Gasteiger partial charge in [0.05, 0.1) is 6.54 Å². The molecular formula is C19H29FN2O. The molecule has 1 aliphatic rings. The van der Waals surface area contributed by atoms with Gasteiger partial charge in [-0.05, 0) is 76.6 Å². The third-order valence-corrected chi connectivity index (χ3v) is 4.24. The van der Waals surface area contributed by atoms with E-state index in [1.165, 1.54) is 24.1 Å². The number of hydrogen-bond donors (Lipinski definition) is 1. The normalized spacial score (nSPS) is 19.6. The second-order valence-corrected chi connectivity index (χ2v) is 7.71. The van der Waals surface area contributed by atoms with Gasteiger partial charge in [0.25, 0.3) is 0 Å². The Morgan fingerprint density at radius 1 is 1.30 bits per heavy atom. The summed E-state index contributed by atoms with van der Waals surface area (Å²) in [4.78, 5) is 14.3. The summed E-state index contributed by atoms with van der Waals surface area (Å²) in [5.41, 5.74) is 1.02. The van der Waals surface area contributed by atoms with Crippen LogP contribution in [0.15, 0.2) is 24.3 Å². The van der Waals surface area contributed by atoms with E-state index < -0.39 is 0 Å². The molecule has 1 aliphatic heterocycles. The summed E-state index contributed by atoms with van der Waals surface area (Å²) in [5, 5.41) is 3.03. The SMILES string of the molecule is CC(C)(C)NC(=O)CN1CCC[C@@H](CCc2ccc(F)cc2)C1. The fraction of sp³-hybridized carbons (Fsp3) is 0.632. The second kappa shape index (κ2) is 7.91. The van der Waals surface area contributed by atoms with Crippen LogP contribution in [-0.2, 0) is 11.2 Å². The molecule has 0 radical (unpaired) electrons. The number of hydrogen-bond acceptors (Lipinski definition) is 2. The van der Waals surface area contributed by atoms with Crippen LogP contribution in [0.25, 0.3) is 0 Å². The molecule has 1 aromatic rings. The molecule has 1 amide bonds. The molecule has 1 heterocycles. The number of rotatable bonds is 5. The van der Waals surface area contributed by atoms with Crippen molar-refractivity contribution in [1.29, 1.82) is 0 Å². The zero-order valence-electron chi connectivity index (χ0n) is 14.6. The Morgan fingerprint density at radius 2 is 2.00 bits per heavy atom. The highest BCUT2D eigenvalue weighted by molar-refractivity contribution is 5.78. The Bertz CT molecular complexity index is 507. The van der Waals surface area contributed by atoms with Gasteiger partial charge in [0.15, 0.2) is 0 Å². The molecule has 1 saturated heterocycles. The average molecular weight is 320 g/mol. The van der Waals surface area contributed by atoms with Gasteiger partial charge in [0, 0.05) is 12.1 Å². The van der Waals surface area contributed by atoms with Crippen LogP contribution in [0.5, 0.6) is 0 Å². The molecule has 0 aliphatic carbocycles. The van der Waals surface area contributed by atoms with Crippen molar-refractivity contribution in [2.45, 2.75) is 52.0 Å². The van der Waals surface area contributed by atoms with Gasteiger partial charge in [-0.3, -0.25) is 9.69 Å². The molecule has 1 aromatic carbocycles. The first-order valence-corrected chi connectivity index (χ1v) is 8.60. The number of carbonyl (C=O) groups excluding carboxylic acids is 1. The van der Waals surface area contributed by atoms with Crippen LogP contribution in [0.2, 0.25) is 0 Å². The predicted molar refractivity (Wildman–Crippen MR) is 91.8 cm³/mol. The minimum Gasteiger partial charge on any atom is -0.350 e. The fourth-order valence-corrected chi connectivity index (χ4v) is 3.21. The van der Waals surface area contributed by atoms with Crippen molar-refractivity contribution in [2.75, 3.05) is 19.6 Å². The molecule has 3 nitrogen and oxygen atoms in total. The number of nitrogens with zero attached hydrogens (tertiary/aromatic N) is 1. The fourth-order valence-electron chi connectivity index (χ4n) is 3.21. The summed E-state index contributed by atoms with van der Waals surface area (Å²) in [6, 6.07) is 6.79. The van der Waals surface area contributed by atoms with E-state index in [1.54, 1.807) is 0 Å². The number of piperidine rings is 1. The molecule has 2 rings (SSSR count). The van der Waals surface area contributed by atoms with Crippen LogP contribution in [0.3, 0.4) is 0 Å². The molecule has 128 valence electrons. The quantitative estimate of drug-likeness (QED) is 0.902. The number of amides is 1. The Labute approximate surface area is 139 Å². The van der Waals surface area contributed by atoms with Crippen LogP contribution >= 0.6 is 0 Å². The maximum absolute atomic E-state index is 12.9. The van der Waals surface area contributed by atoms with Crippen molar-refractivity contribution >= 4 is 5.91 Å². The average Bonchev–Trinajstić information content (AvgIpc) is 2.45. The van der Waals surface area contributed by atoms with Gasteiger partial charge in [0.1, 0.15) is 5.82 Å². The minimum absolute atomic E-state index is 0.108. The lowest BCUT2D eigenvalue weighted by atomic mass is 9.91. The Morgan fingerprint density at radius 3 is 2.65 bits per heavy atom. The molecule has 1 fully saturated rings. The molecular weight excluding hydrogens is 291 g/mol. The second-order valence-electron chi connectivity index (χ2n) is 7.71. The smallest absolute Gasteiger partial charge is 0.234 e. The van der Waals surface area contributed by atoms with E-state index >= 15 is 0 Å². The minimum atomic E-state index is -0.178. The first kappa shape index (κ1) is 17.9. The van der Waals surface area contributed by atoms with Crippen LogP contribution in [-0.4, -0.2) is 36.0 Å². The van der Waals surface area contributed by atoms with Gasteiger partial charge in [-0.25, -0.2) is 4.39 Å². The highest BCUT2D eigenvalue weighted by atomic mass is 19.1. The number of benzene rings is 1. The molecule has 0 aromatic heterocycles. The maximum Gasteiger partial charge on any atom is 0.234 e. The maximum atomic E-state index is 12.9. The third-order valence-electron chi connectivity index (χ3n) is 4.24. The number of halogens is 1.